The van der Waals surface area contributed by atoms with E-state index in [4.69, 9.17) is 4.74 Å². The largest absolute Gasteiger partial charge is 0.492 e. The molecule has 2 aromatic rings. The molecule has 2 nitrogen and oxygen atoms in total. The molecule has 0 radical (unpaired) electrons. The molecule has 1 aliphatic rings. The maximum absolute atomic E-state index is 12.5. The van der Waals surface area contributed by atoms with Gasteiger partial charge in [0.05, 0.1) is 15.1 Å². The van der Waals surface area contributed by atoms with Gasteiger partial charge in [-0.05, 0) is 46.4 Å². The summed E-state index contributed by atoms with van der Waals surface area (Å²) in [6.45, 7) is 0.660. The molecule has 5 heteroatoms. The first kappa shape index (κ1) is 12.6. The predicted molar refractivity (Wildman–Crippen MR) is 83.8 cm³/mol. The van der Waals surface area contributed by atoms with Crippen LogP contribution in [0, 0.1) is 2.88 Å². The van der Waals surface area contributed by atoms with Crippen molar-refractivity contribution < 1.29 is 9.53 Å². The molecule has 3 rings (SSSR count). The number of carbonyl (C=O) groups is 1. The number of hydrogen-bond acceptors (Lipinski definition) is 3. The van der Waals surface area contributed by atoms with Gasteiger partial charge in [-0.15, -0.1) is 11.3 Å². The molecule has 0 saturated carbocycles. The van der Waals surface area contributed by atoms with Gasteiger partial charge in [0, 0.05) is 21.8 Å². The van der Waals surface area contributed by atoms with Gasteiger partial charge in [0.25, 0.3) is 0 Å². The standard InChI is InChI=1S/C13H8BrIO2S/c14-9-3-7-1-2-17-13(7)10(5-9)12(16)8-4-11(15)18-6-8/h3-6H,1-2H2. The van der Waals surface area contributed by atoms with Crippen LogP contribution in [0.1, 0.15) is 21.5 Å². The molecule has 0 spiro atoms. The monoisotopic (exact) mass is 434 g/mol. The zero-order chi connectivity index (χ0) is 12.7. The minimum atomic E-state index is 0.0358. The Kier molecular flexibility index (Phi) is 3.46. The SMILES string of the molecule is O=C(c1csc(I)c1)c1cc(Br)cc2c1OCC2. The molecule has 92 valence electrons. The molecule has 2 heterocycles. The van der Waals surface area contributed by atoms with Crippen LogP contribution in [-0.2, 0) is 6.42 Å². The van der Waals surface area contributed by atoms with Gasteiger partial charge >= 0.3 is 0 Å². The molecular formula is C13H8BrIO2S. The van der Waals surface area contributed by atoms with Crippen LogP contribution in [0.5, 0.6) is 5.75 Å². The van der Waals surface area contributed by atoms with E-state index in [9.17, 15) is 4.79 Å². The summed E-state index contributed by atoms with van der Waals surface area (Å²) in [6, 6.07) is 5.78. The number of benzene rings is 1. The van der Waals surface area contributed by atoms with E-state index < -0.39 is 0 Å². The van der Waals surface area contributed by atoms with E-state index in [1.165, 1.54) is 0 Å². The fourth-order valence-electron chi connectivity index (χ4n) is 2.02. The zero-order valence-corrected chi connectivity index (χ0v) is 13.8. The normalized spacial score (nSPS) is 13.2. The minimum Gasteiger partial charge on any atom is -0.492 e. The first-order valence-corrected chi connectivity index (χ1v) is 8.14. The van der Waals surface area contributed by atoms with Crippen LogP contribution < -0.4 is 4.74 Å². The van der Waals surface area contributed by atoms with Gasteiger partial charge in [-0.1, -0.05) is 15.9 Å². The highest BCUT2D eigenvalue weighted by Crippen LogP contribution is 2.34. The molecule has 0 N–H and O–H groups in total. The predicted octanol–water partition coefficient (Wildman–Crippen LogP) is 4.28. The molecule has 0 fully saturated rings. The Hall–Kier alpha value is -0.400. The first-order chi connectivity index (χ1) is 8.65. The summed E-state index contributed by atoms with van der Waals surface area (Å²) in [6.07, 6.45) is 0.871. The van der Waals surface area contributed by atoms with Crippen molar-refractivity contribution in [3.63, 3.8) is 0 Å². The quantitative estimate of drug-likeness (QED) is 0.520. The average Bonchev–Trinajstić information content (AvgIpc) is 2.95. The number of rotatable bonds is 2. The molecule has 18 heavy (non-hydrogen) atoms. The van der Waals surface area contributed by atoms with Crippen molar-refractivity contribution in [2.75, 3.05) is 6.61 Å². The number of halogens is 2. The fourth-order valence-corrected chi connectivity index (χ4v) is 3.85. The van der Waals surface area contributed by atoms with Gasteiger partial charge in [0.1, 0.15) is 5.75 Å². The molecular weight excluding hydrogens is 427 g/mol. The Morgan fingerprint density at radius 3 is 2.94 bits per heavy atom. The molecule has 0 unspecified atom stereocenters. The average molecular weight is 435 g/mol. The van der Waals surface area contributed by atoms with Gasteiger partial charge in [0.2, 0.25) is 0 Å². The van der Waals surface area contributed by atoms with E-state index in [1.807, 2.05) is 23.6 Å². The summed E-state index contributed by atoms with van der Waals surface area (Å²) < 4.78 is 7.64. The van der Waals surface area contributed by atoms with Crippen molar-refractivity contribution >= 4 is 55.6 Å². The van der Waals surface area contributed by atoms with Crippen LogP contribution in [0.25, 0.3) is 0 Å². The number of carbonyl (C=O) groups excluding carboxylic acids is 1. The molecule has 1 aromatic carbocycles. The molecule has 1 aliphatic heterocycles. The van der Waals surface area contributed by atoms with Crippen LogP contribution in [0.4, 0.5) is 0 Å². The molecule has 1 aromatic heterocycles. The van der Waals surface area contributed by atoms with Gasteiger partial charge in [0.15, 0.2) is 5.78 Å². The fraction of sp³-hybridized carbons (Fsp3) is 0.154. The first-order valence-electron chi connectivity index (χ1n) is 5.39. The maximum atomic E-state index is 12.5. The summed E-state index contributed by atoms with van der Waals surface area (Å²) in [4.78, 5) is 12.5. The second-order valence-corrected chi connectivity index (χ2v) is 7.73. The Morgan fingerprint density at radius 2 is 2.22 bits per heavy atom. The van der Waals surface area contributed by atoms with E-state index in [1.54, 1.807) is 11.3 Å². The summed E-state index contributed by atoms with van der Waals surface area (Å²) in [7, 11) is 0. The van der Waals surface area contributed by atoms with Crippen LogP contribution in [0.2, 0.25) is 0 Å². The number of ether oxygens (including phenoxy) is 1. The summed E-state index contributed by atoms with van der Waals surface area (Å²) in [5.41, 5.74) is 2.50. The van der Waals surface area contributed by atoms with E-state index in [-0.39, 0.29) is 5.78 Å². The van der Waals surface area contributed by atoms with Crippen molar-refractivity contribution in [1.29, 1.82) is 0 Å². The van der Waals surface area contributed by atoms with Crippen molar-refractivity contribution in [2.45, 2.75) is 6.42 Å². The van der Waals surface area contributed by atoms with E-state index in [0.717, 1.165) is 30.7 Å². The smallest absolute Gasteiger partial charge is 0.197 e. The molecule has 0 atom stereocenters. The van der Waals surface area contributed by atoms with E-state index >= 15 is 0 Å². The van der Waals surface area contributed by atoms with Crippen LogP contribution >= 0.6 is 49.9 Å². The van der Waals surface area contributed by atoms with Crippen LogP contribution in [0.15, 0.2) is 28.1 Å². The van der Waals surface area contributed by atoms with Crippen molar-refractivity contribution in [1.82, 2.24) is 0 Å². The Labute approximate surface area is 131 Å². The number of hydrogen-bond donors (Lipinski definition) is 0. The lowest BCUT2D eigenvalue weighted by atomic mass is 10.0. The Balaban J connectivity index is 2.10. The molecule has 0 aliphatic carbocycles. The number of ketones is 1. The van der Waals surface area contributed by atoms with Crippen molar-refractivity contribution in [2.24, 2.45) is 0 Å². The van der Waals surface area contributed by atoms with Gasteiger partial charge in [-0.25, -0.2) is 0 Å². The minimum absolute atomic E-state index is 0.0358. The highest BCUT2D eigenvalue weighted by atomic mass is 127. The molecule has 0 amide bonds. The van der Waals surface area contributed by atoms with Gasteiger partial charge in [-0.3, -0.25) is 4.79 Å². The highest BCUT2D eigenvalue weighted by molar-refractivity contribution is 14.1. The van der Waals surface area contributed by atoms with Crippen molar-refractivity contribution in [3.8, 4) is 5.75 Å². The molecule has 0 bridgehead atoms. The lowest BCUT2D eigenvalue weighted by Gasteiger charge is -2.07. The van der Waals surface area contributed by atoms with Crippen LogP contribution in [-0.4, -0.2) is 12.4 Å². The third-order valence-electron chi connectivity index (χ3n) is 2.82. The van der Waals surface area contributed by atoms with Crippen LogP contribution in [0.3, 0.4) is 0 Å². The van der Waals surface area contributed by atoms with Gasteiger partial charge < -0.3 is 4.74 Å². The second kappa shape index (κ2) is 4.94. The Bertz CT molecular complexity index is 636. The lowest BCUT2D eigenvalue weighted by Crippen LogP contribution is -2.02. The number of thiophene rings is 1. The highest BCUT2D eigenvalue weighted by Gasteiger charge is 2.23. The van der Waals surface area contributed by atoms with Gasteiger partial charge in [-0.2, -0.15) is 0 Å². The lowest BCUT2D eigenvalue weighted by molar-refractivity contribution is 0.103. The van der Waals surface area contributed by atoms with Crippen molar-refractivity contribution in [3.05, 3.63) is 47.6 Å². The van der Waals surface area contributed by atoms with E-state index in [0.29, 0.717) is 12.2 Å². The summed E-state index contributed by atoms with van der Waals surface area (Å²) in [5.74, 6) is 0.790. The zero-order valence-electron chi connectivity index (χ0n) is 9.20. The number of fused-ring (bicyclic) bond motifs is 1. The third-order valence-corrected chi connectivity index (χ3v) is 5.07. The molecule has 0 saturated heterocycles. The summed E-state index contributed by atoms with van der Waals surface area (Å²) in [5, 5.41) is 1.90. The summed E-state index contributed by atoms with van der Waals surface area (Å²) >= 11 is 7.26. The second-order valence-electron chi connectivity index (χ2n) is 4.01. The Morgan fingerprint density at radius 1 is 1.39 bits per heavy atom. The maximum Gasteiger partial charge on any atom is 0.197 e. The topological polar surface area (TPSA) is 26.3 Å². The third kappa shape index (κ3) is 2.23. The van der Waals surface area contributed by atoms with E-state index in [2.05, 4.69) is 38.5 Å².